The Hall–Kier alpha value is -2.11. The fourth-order valence-electron chi connectivity index (χ4n) is 2.46. The highest BCUT2D eigenvalue weighted by molar-refractivity contribution is 5.80. The van der Waals surface area contributed by atoms with Crippen LogP contribution >= 0.6 is 0 Å². The zero-order chi connectivity index (χ0) is 15.8. The number of likely N-dealkylation sites (tertiary alicyclic amines) is 1. The number of rotatable bonds is 6. The van der Waals surface area contributed by atoms with Crippen LogP contribution in [-0.4, -0.2) is 35.4 Å². The van der Waals surface area contributed by atoms with Crippen molar-refractivity contribution in [3.8, 4) is 0 Å². The molecule has 1 aliphatic rings. The predicted octanol–water partition coefficient (Wildman–Crippen LogP) is 2.94. The van der Waals surface area contributed by atoms with Crippen molar-refractivity contribution in [1.29, 1.82) is 0 Å². The predicted molar refractivity (Wildman–Crippen MR) is 88.0 cm³/mol. The Kier molecular flexibility index (Phi) is 6.18. The third-order valence-electron chi connectivity index (χ3n) is 3.78. The van der Waals surface area contributed by atoms with Gasteiger partial charge in [-0.25, -0.2) is 4.99 Å². The fraction of sp³-hybridized carbons (Fsp3) is 0.562. The van der Waals surface area contributed by atoms with Crippen LogP contribution in [-0.2, 0) is 6.54 Å². The zero-order valence-corrected chi connectivity index (χ0v) is 13.1. The number of nitro benzene ring substituents is 1. The summed E-state index contributed by atoms with van der Waals surface area (Å²) in [5.41, 5.74) is 1.10. The summed E-state index contributed by atoms with van der Waals surface area (Å²) in [7, 11) is 0. The van der Waals surface area contributed by atoms with Crippen LogP contribution in [0, 0.1) is 10.1 Å². The number of aliphatic imine (C=N–C) groups is 1. The largest absolute Gasteiger partial charge is 0.356 e. The van der Waals surface area contributed by atoms with Crippen LogP contribution in [0.4, 0.5) is 5.69 Å². The molecule has 1 heterocycles. The summed E-state index contributed by atoms with van der Waals surface area (Å²) in [5.74, 6) is 0.962. The Morgan fingerprint density at radius 3 is 2.59 bits per heavy atom. The van der Waals surface area contributed by atoms with Gasteiger partial charge >= 0.3 is 0 Å². The van der Waals surface area contributed by atoms with E-state index in [2.05, 4.69) is 22.1 Å². The first-order chi connectivity index (χ1) is 10.7. The average molecular weight is 304 g/mol. The van der Waals surface area contributed by atoms with Gasteiger partial charge in [0.1, 0.15) is 0 Å². The van der Waals surface area contributed by atoms with E-state index < -0.39 is 0 Å². The number of hydrogen-bond donors (Lipinski definition) is 1. The van der Waals surface area contributed by atoms with E-state index in [1.165, 1.54) is 25.0 Å². The molecule has 6 heteroatoms. The minimum atomic E-state index is -0.380. The summed E-state index contributed by atoms with van der Waals surface area (Å²) in [5, 5.41) is 14.1. The maximum atomic E-state index is 10.7. The molecule has 1 saturated heterocycles. The number of nitro groups is 1. The van der Waals surface area contributed by atoms with Crippen LogP contribution in [0.3, 0.4) is 0 Å². The molecule has 1 aliphatic heterocycles. The summed E-state index contributed by atoms with van der Waals surface area (Å²) in [6.45, 7) is 5.76. The first kappa shape index (κ1) is 16.3. The van der Waals surface area contributed by atoms with Crippen molar-refractivity contribution in [2.45, 2.75) is 39.2 Å². The lowest BCUT2D eigenvalue weighted by atomic mass is 10.2. The van der Waals surface area contributed by atoms with Gasteiger partial charge in [0.05, 0.1) is 11.5 Å². The number of benzene rings is 1. The molecule has 22 heavy (non-hydrogen) atoms. The van der Waals surface area contributed by atoms with E-state index in [0.29, 0.717) is 6.54 Å². The topological polar surface area (TPSA) is 70.8 Å². The second-order valence-electron chi connectivity index (χ2n) is 5.54. The number of nitrogens with one attached hydrogen (secondary N) is 1. The van der Waals surface area contributed by atoms with Gasteiger partial charge in [0, 0.05) is 31.8 Å². The third kappa shape index (κ3) is 4.72. The van der Waals surface area contributed by atoms with Crippen LogP contribution < -0.4 is 5.32 Å². The maximum absolute atomic E-state index is 10.7. The van der Waals surface area contributed by atoms with Crippen molar-refractivity contribution in [2.75, 3.05) is 19.6 Å². The van der Waals surface area contributed by atoms with Crippen molar-refractivity contribution in [3.05, 3.63) is 39.9 Å². The lowest BCUT2D eigenvalue weighted by Gasteiger charge is -2.21. The second-order valence-corrected chi connectivity index (χ2v) is 5.54. The Morgan fingerprint density at radius 1 is 1.32 bits per heavy atom. The molecule has 6 nitrogen and oxygen atoms in total. The lowest BCUT2D eigenvalue weighted by Crippen LogP contribution is -2.40. The highest BCUT2D eigenvalue weighted by Gasteiger charge is 2.15. The fourth-order valence-corrected chi connectivity index (χ4v) is 2.46. The molecule has 2 rings (SSSR count). The van der Waals surface area contributed by atoms with Gasteiger partial charge in [-0.15, -0.1) is 0 Å². The van der Waals surface area contributed by atoms with Crippen molar-refractivity contribution < 1.29 is 4.92 Å². The van der Waals surface area contributed by atoms with E-state index in [4.69, 9.17) is 0 Å². The molecule has 0 aromatic heterocycles. The Balaban J connectivity index is 1.99. The molecule has 1 aromatic carbocycles. The highest BCUT2D eigenvalue weighted by Crippen LogP contribution is 2.13. The SMILES string of the molecule is CCCCNC(=NCc1ccc([N+](=O)[O-])cc1)N1CCCC1. The van der Waals surface area contributed by atoms with Gasteiger partial charge in [-0.05, 0) is 24.8 Å². The van der Waals surface area contributed by atoms with Gasteiger partial charge in [-0.3, -0.25) is 10.1 Å². The quantitative estimate of drug-likeness (QED) is 0.288. The third-order valence-corrected chi connectivity index (χ3v) is 3.78. The zero-order valence-electron chi connectivity index (χ0n) is 13.1. The van der Waals surface area contributed by atoms with E-state index in [9.17, 15) is 10.1 Å². The number of guanidine groups is 1. The molecule has 1 aromatic rings. The summed E-state index contributed by atoms with van der Waals surface area (Å²) >= 11 is 0. The maximum Gasteiger partial charge on any atom is 0.269 e. The van der Waals surface area contributed by atoms with Gasteiger partial charge in [-0.2, -0.15) is 0 Å². The smallest absolute Gasteiger partial charge is 0.269 e. The first-order valence-electron chi connectivity index (χ1n) is 7.97. The molecule has 120 valence electrons. The van der Waals surface area contributed by atoms with Crippen molar-refractivity contribution in [2.24, 2.45) is 4.99 Å². The summed E-state index contributed by atoms with van der Waals surface area (Å²) < 4.78 is 0. The monoisotopic (exact) mass is 304 g/mol. The van der Waals surface area contributed by atoms with E-state index in [1.807, 2.05) is 0 Å². The van der Waals surface area contributed by atoms with Crippen LogP contribution in [0.25, 0.3) is 0 Å². The van der Waals surface area contributed by atoms with E-state index >= 15 is 0 Å². The van der Waals surface area contributed by atoms with E-state index in [-0.39, 0.29) is 10.6 Å². The standard InChI is InChI=1S/C16H24N4O2/c1-2-3-10-17-16(19-11-4-5-12-19)18-13-14-6-8-15(9-7-14)20(21)22/h6-9H,2-5,10-13H2,1H3,(H,17,18). The molecule has 0 atom stereocenters. The number of hydrogen-bond acceptors (Lipinski definition) is 3. The molecule has 0 bridgehead atoms. The first-order valence-corrected chi connectivity index (χ1v) is 7.97. The Bertz CT molecular complexity index is 507. The molecule has 0 amide bonds. The normalized spacial score (nSPS) is 15.1. The molecule has 0 aliphatic carbocycles. The van der Waals surface area contributed by atoms with Gasteiger partial charge in [0.2, 0.25) is 0 Å². The van der Waals surface area contributed by atoms with Gasteiger partial charge in [0.25, 0.3) is 5.69 Å². The van der Waals surface area contributed by atoms with Crippen molar-refractivity contribution in [3.63, 3.8) is 0 Å². The molecular weight excluding hydrogens is 280 g/mol. The Morgan fingerprint density at radius 2 is 2.00 bits per heavy atom. The van der Waals surface area contributed by atoms with Gasteiger partial charge in [-0.1, -0.05) is 25.5 Å². The van der Waals surface area contributed by atoms with Crippen molar-refractivity contribution in [1.82, 2.24) is 10.2 Å². The van der Waals surface area contributed by atoms with Crippen molar-refractivity contribution >= 4 is 11.6 Å². The van der Waals surface area contributed by atoms with Crippen LogP contribution in [0.1, 0.15) is 38.2 Å². The summed E-state index contributed by atoms with van der Waals surface area (Å²) in [6, 6.07) is 6.61. The number of nitrogens with zero attached hydrogens (tertiary/aromatic N) is 3. The summed E-state index contributed by atoms with van der Waals surface area (Å²) in [4.78, 5) is 17.3. The molecule has 0 saturated carbocycles. The second kappa shape index (κ2) is 8.36. The lowest BCUT2D eigenvalue weighted by molar-refractivity contribution is -0.384. The molecule has 0 radical (unpaired) electrons. The molecule has 1 fully saturated rings. The average Bonchev–Trinajstić information content (AvgIpc) is 3.05. The minimum Gasteiger partial charge on any atom is -0.356 e. The summed E-state index contributed by atoms with van der Waals surface area (Å²) in [6.07, 6.45) is 4.71. The van der Waals surface area contributed by atoms with Gasteiger partial charge in [0.15, 0.2) is 5.96 Å². The molecular formula is C16H24N4O2. The van der Waals surface area contributed by atoms with Crippen LogP contribution in [0.5, 0.6) is 0 Å². The van der Waals surface area contributed by atoms with E-state index in [1.54, 1.807) is 12.1 Å². The van der Waals surface area contributed by atoms with Crippen LogP contribution in [0.2, 0.25) is 0 Å². The van der Waals surface area contributed by atoms with Crippen LogP contribution in [0.15, 0.2) is 29.3 Å². The Labute approximate surface area is 131 Å². The number of unbranched alkanes of at least 4 members (excludes halogenated alkanes) is 1. The molecule has 0 unspecified atom stereocenters. The molecule has 0 spiro atoms. The molecule has 1 N–H and O–H groups in total. The van der Waals surface area contributed by atoms with Gasteiger partial charge < -0.3 is 10.2 Å². The minimum absolute atomic E-state index is 0.119. The van der Waals surface area contributed by atoms with E-state index in [0.717, 1.165) is 44.0 Å². The highest BCUT2D eigenvalue weighted by atomic mass is 16.6. The number of non-ortho nitro benzene ring substituents is 1.